The number of methoxy groups -OCH3 is 1. The predicted molar refractivity (Wildman–Crippen MR) is 70.2 cm³/mol. The molecule has 0 heterocycles. The zero-order chi connectivity index (χ0) is 13.5. The highest BCUT2D eigenvalue weighted by Gasteiger charge is 2.14. The van der Waals surface area contributed by atoms with E-state index in [1.807, 2.05) is 6.07 Å². The van der Waals surface area contributed by atoms with E-state index >= 15 is 0 Å². The van der Waals surface area contributed by atoms with E-state index in [9.17, 15) is 4.79 Å². The lowest BCUT2D eigenvalue weighted by Crippen LogP contribution is -2.27. The second-order valence-corrected chi connectivity index (χ2v) is 3.87. The van der Waals surface area contributed by atoms with Crippen LogP contribution in [0.25, 0.3) is 0 Å². The van der Waals surface area contributed by atoms with Gasteiger partial charge in [-0.05, 0) is 18.2 Å². The summed E-state index contributed by atoms with van der Waals surface area (Å²) in [5, 5.41) is 8.82. The monoisotopic (exact) mass is 244 g/mol. The van der Waals surface area contributed by atoms with Gasteiger partial charge in [0.2, 0.25) is 0 Å². The second kappa shape index (κ2) is 6.58. The van der Waals surface area contributed by atoms with Crippen LogP contribution in [0.4, 0.5) is 5.69 Å². The maximum absolute atomic E-state index is 12.0. The maximum atomic E-state index is 12.0. The molecule has 0 radical (unpaired) electrons. The highest BCUT2D eigenvalue weighted by Crippen LogP contribution is 2.17. The topological polar surface area (TPSA) is 53.3 Å². The summed E-state index contributed by atoms with van der Waals surface area (Å²) in [6.07, 6.45) is 0.498. The molecule has 0 spiro atoms. The van der Waals surface area contributed by atoms with Crippen molar-refractivity contribution < 1.29 is 9.53 Å². The van der Waals surface area contributed by atoms with Crippen molar-refractivity contribution in [1.82, 2.24) is 0 Å². The van der Waals surface area contributed by atoms with Gasteiger partial charge in [-0.15, -0.1) is 0 Å². The van der Waals surface area contributed by atoms with Crippen molar-refractivity contribution in [2.45, 2.75) is 6.42 Å². The lowest BCUT2D eigenvalue weighted by atomic mass is 10.1. The first kappa shape index (κ1) is 13.9. The first-order chi connectivity index (χ1) is 8.60. The number of nitriles is 1. The van der Waals surface area contributed by atoms with Gasteiger partial charge in [0, 0.05) is 31.8 Å². The summed E-state index contributed by atoms with van der Waals surface area (Å²) in [6.45, 7) is 4.21. The van der Waals surface area contributed by atoms with Crippen molar-refractivity contribution in [3.05, 3.63) is 42.0 Å². The Morgan fingerprint density at radius 1 is 1.56 bits per heavy atom. The van der Waals surface area contributed by atoms with Crippen molar-refractivity contribution in [1.29, 1.82) is 5.26 Å². The Bertz CT molecular complexity index is 489. The van der Waals surface area contributed by atoms with Gasteiger partial charge in [0.05, 0.1) is 18.2 Å². The van der Waals surface area contributed by atoms with E-state index in [2.05, 4.69) is 6.58 Å². The van der Waals surface area contributed by atoms with Gasteiger partial charge in [-0.3, -0.25) is 4.79 Å². The number of carbonyl (C=O) groups excluding carboxylic acids is 1. The predicted octanol–water partition coefficient (Wildman–Crippen LogP) is 2.11. The summed E-state index contributed by atoms with van der Waals surface area (Å²) in [7, 11) is 3.24. The Kier molecular flexibility index (Phi) is 5.09. The first-order valence-corrected chi connectivity index (χ1v) is 5.55. The van der Waals surface area contributed by atoms with Crippen molar-refractivity contribution in [3.8, 4) is 6.07 Å². The minimum Gasteiger partial charge on any atom is -0.384 e. The van der Waals surface area contributed by atoms with Crippen LogP contribution in [0, 0.1) is 11.3 Å². The zero-order valence-electron chi connectivity index (χ0n) is 10.6. The molecule has 1 rings (SSSR count). The molecule has 0 aliphatic carbocycles. The molecule has 1 aromatic rings. The lowest BCUT2D eigenvalue weighted by Gasteiger charge is -2.18. The number of ether oxygens (including phenoxy) is 1. The maximum Gasteiger partial charge on any atom is 0.253 e. The summed E-state index contributed by atoms with van der Waals surface area (Å²) < 4.78 is 4.91. The summed E-state index contributed by atoms with van der Waals surface area (Å²) in [5.41, 5.74) is 1.69. The van der Waals surface area contributed by atoms with E-state index in [4.69, 9.17) is 10.00 Å². The van der Waals surface area contributed by atoms with Gasteiger partial charge in [0.1, 0.15) is 0 Å². The minimum atomic E-state index is -0.165. The van der Waals surface area contributed by atoms with Crippen LogP contribution in [0.3, 0.4) is 0 Å². The molecule has 0 aliphatic heterocycles. The van der Waals surface area contributed by atoms with E-state index in [0.717, 1.165) is 0 Å². The molecular weight excluding hydrogens is 228 g/mol. The smallest absolute Gasteiger partial charge is 0.253 e. The summed E-state index contributed by atoms with van der Waals surface area (Å²) >= 11 is 0. The number of carbonyl (C=O) groups is 1. The summed E-state index contributed by atoms with van der Waals surface area (Å²) in [5.74, 6) is -0.165. The van der Waals surface area contributed by atoms with Crippen LogP contribution in [0.5, 0.6) is 0 Å². The van der Waals surface area contributed by atoms with Gasteiger partial charge in [-0.25, -0.2) is 0 Å². The molecule has 4 nitrogen and oxygen atoms in total. The molecule has 0 fully saturated rings. The molecule has 0 aromatic heterocycles. The average Bonchev–Trinajstić information content (AvgIpc) is 2.43. The standard InChI is InChI=1S/C14H16N2O2/c1-11(7-8-18-3)14(17)16(2)13-6-4-5-12(9-13)10-15/h4-6,9H,1,7-8H2,2-3H3. The summed E-state index contributed by atoms with van der Waals surface area (Å²) in [6, 6.07) is 8.93. The number of hydrogen-bond acceptors (Lipinski definition) is 3. The highest BCUT2D eigenvalue weighted by atomic mass is 16.5. The Balaban J connectivity index is 2.80. The normalized spacial score (nSPS) is 9.61. The summed E-state index contributed by atoms with van der Waals surface area (Å²) in [4.78, 5) is 13.5. The molecule has 0 aliphatic rings. The highest BCUT2D eigenvalue weighted by molar-refractivity contribution is 6.04. The SMILES string of the molecule is C=C(CCOC)C(=O)N(C)c1cccc(C#N)c1. The third-order valence-electron chi connectivity index (χ3n) is 2.58. The van der Waals surface area contributed by atoms with Gasteiger partial charge in [0.25, 0.3) is 5.91 Å². The number of anilines is 1. The minimum absolute atomic E-state index is 0.165. The van der Waals surface area contributed by atoms with Crippen molar-refractivity contribution in [2.24, 2.45) is 0 Å². The molecule has 1 aromatic carbocycles. The van der Waals surface area contributed by atoms with Crippen molar-refractivity contribution in [3.63, 3.8) is 0 Å². The number of rotatable bonds is 5. The van der Waals surface area contributed by atoms with Crippen molar-refractivity contribution in [2.75, 3.05) is 25.7 Å². The number of benzene rings is 1. The van der Waals surface area contributed by atoms with Gasteiger partial charge in [-0.1, -0.05) is 12.6 Å². The fraction of sp³-hybridized carbons (Fsp3) is 0.286. The number of likely N-dealkylation sites (N-methyl/N-ethyl adjacent to an activating group) is 1. The van der Waals surface area contributed by atoms with Gasteiger partial charge in [0.15, 0.2) is 0 Å². The quantitative estimate of drug-likeness (QED) is 0.745. The molecule has 0 bridgehead atoms. The third-order valence-corrected chi connectivity index (χ3v) is 2.58. The largest absolute Gasteiger partial charge is 0.384 e. The molecule has 0 unspecified atom stereocenters. The number of amides is 1. The molecule has 0 saturated heterocycles. The molecule has 0 N–H and O–H groups in total. The van der Waals surface area contributed by atoms with E-state index in [0.29, 0.717) is 29.9 Å². The van der Waals surface area contributed by atoms with E-state index in [-0.39, 0.29) is 5.91 Å². The number of hydrogen-bond donors (Lipinski definition) is 0. The first-order valence-electron chi connectivity index (χ1n) is 5.55. The Morgan fingerprint density at radius 3 is 2.89 bits per heavy atom. The van der Waals surface area contributed by atoms with Crippen LogP contribution >= 0.6 is 0 Å². The van der Waals surface area contributed by atoms with Crippen LogP contribution < -0.4 is 4.90 Å². The van der Waals surface area contributed by atoms with Gasteiger partial charge < -0.3 is 9.64 Å². The van der Waals surface area contributed by atoms with Gasteiger partial charge in [-0.2, -0.15) is 5.26 Å². The van der Waals surface area contributed by atoms with Crippen LogP contribution in [0.15, 0.2) is 36.4 Å². The van der Waals surface area contributed by atoms with Crippen molar-refractivity contribution >= 4 is 11.6 Å². The van der Waals surface area contributed by atoms with Gasteiger partial charge >= 0.3 is 0 Å². The zero-order valence-corrected chi connectivity index (χ0v) is 10.6. The van der Waals surface area contributed by atoms with Crippen LogP contribution in [0.2, 0.25) is 0 Å². The second-order valence-electron chi connectivity index (χ2n) is 3.87. The molecule has 0 saturated carbocycles. The van der Waals surface area contributed by atoms with Crippen LogP contribution in [-0.2, 0) is 9.53 Å². The van der Waals surface area contributed by atoms with Crippen LogP contribution in [0.1, 0.15) is 12.0 Å². The lowest BCUT2D eigenvalue weighted by molar-refractivity contribution is -0.115. The fourth-order valence-electron chi connectivity index (χ4n) is 1.47. The van der Waals surface area contributed by atoms with Crippen LogP contribution in [-0.4, -0.2) is 26.7 Å². The van der Waals surface area contributed by atoms with E-state index in [1.165, 1.54) is 4.90 Å². The third kappa shape index (κ3) is 3.44. The Morgan fingerprint density at radius 2 is 2.28 bits per heavy atom. The molecule has 0 atom stereocenters. The Hall–Kier alpha value is -2.12. The molecule has 4 heteroatoms. The molecule has 18 heavy (non-hydrogen) atoms. The fourth-order valence-corrected chi connectivity index (χ4v) is 1.47. The molecule has 94 valence electrons. The molecule has 1 amide bonds. The van der Waals surface area contributed by atoms with E-state index < -0.39 is 0 Å². The number of nitrogens with zero attached hydrogens (tertiary/aromatic N) is 2. The molecular formula is C14H16N2O2. The Labute approximate surface area is 107 Å². The van der Waals surface area contributed by atoms with E-state index in [1.54, 1.807) is 38.4 Å². The average molecular weight is 244 g/mol.